The molecule has 0 aromatic carbocycles. The van der Waals surface area contributed by atoms with E-state index in [4.69, 9.17) is 4.74 Å². The quantitative estimate of drug-likeness (QED) is 0.782. The third kappa shape index (κ3) is 2.91. The Labute approximate surface area is 85.5 Å². The van der Waals surface area contributed by atoms with E-state index in [0.29, 0.717) is 11.9 Å². The van der Waals surface area contributed by atoms with Crippen molar-refractivity contribution in [3.8, 4) is 5.88 Å². The molecule has 1 N–H and O–H groups in total. The van der Waals surface area contributed by atoms with Crippen LogP contribution in [0.3, 0.4) is 0 Å². The minimum atomic E-state index is 0.530. The average Bonchev–Trinajstić information content (AvgIpc) is 2.26. The molecule has 0 fully saturated rings. The van der Waals surface area contributed by atoms with Crippen molar-refractivity contribution < 1.29 is 4.74 Å². The number of rotatable bonds is 5. The van der Waals surface area contributed by atoms with Crippen LogP contribution in [-0.2, 0) is 0 Å². The molecule has 14 heavy (non-hydrogen) atoms. The van der Waals surface area contributed by atoms with Crippen LogP contribution in [0.5, 0.6) is 5.88 Å². The predicted molar refractivity (Wildman–Crippen MR) is 58.8 cm³/mol. The molecule has 0 aliphatic carbocycles. The zero-order valence-corrected chi connectivity index (χ0v) is 9.08. The van der Waals surface area contributed by atoms with Gasteiger partial charge in [-0.25, -0.2) is 4.98 Å². The second-order valence-corrected chi connectivity index (χ2v) is 3.24. The molecule has 0 bridgehead atoms. The summed E-state index contributed by atoms with van der Waals surface area (Å²) in [5.41, 5.74) is 1.07. The van der Waals surface area contributed by atoms with E-state index in [1.165, 1.54) is 0 Å². The molecule has 1 aromatic rings. The van der Waals surface area contributed by atoms with Crippen molar-refractivity contribution >= 4 is 5.69 Å². The van der Waals surface area contributed by atoms with E-state index in [9.17, 15) is 0 Å². The van der Waals surface area contributed by atoms with Crippen molar-refractivity contribution in [3.05, 3.63) is 18.3 Å². The molecule has 0 atom stereocenters. The number of methoxy groups -OCH3 is 1. The van der Waals surface area contributed by atoms with Gasteiger partial charge in [0.15, 0.2) is 0 Å². The van der Waals surface area contributed by atoms with Crippen LogP contribution in [0.25, 0.3) is 0 Å². The molecule has 0 saturated heterocycles. The Balaban J connectivity index is 2.65. The monoisotopic (exact) mass is 194 g/mol. The summed E-state index contributed by atoms with van der Waals surface area (Å²) in [5.74, 6) is 0.654. The molecule has 0 amide bonds. The van der Waals surface area contributed by atoms with Crippen molar-refractivity contribution in [2.75, 3.05) is 12.4 Å². The Bertz CT molecular complexity index is 272. The van der Waals surface area contributed by atoms with Crippen LogP contribution in [0, 0.1) is 0 Å². The van der Waals surface area contributed by atoms with Crippen LogP contribution in [-0.4, -0.2) is 18.1 Å². The van der Waals surface area contributed by atoms with Gasteiger partial charge in [-0.15, -0.1) is 0 Å². The highest BCUT2D eigenvalue weighted by Crippen LogP contribution is 2.15. The molecule has 1 rings (SSSR count). The first-order chi connectivity index (χ1) is 6.80. The lowest BCUT2D eigenvalue weighted by Gasteiger charge is -2.16. The third-order valence-corrected chi connectivity index (χ3v) is 2.30. The number of aromatic nitrogens is 1. The highest BCUT2D eigenvalue weighted by Gasteiger charge is 2.03. The van der Waals surface area contributed by atoms with Gasteiger partial charge in [0.1, 0.15) is 0 Å². The summed E-state index contributed by atoms with van der Waals surface area (Å²) in [4.78, 5) is 4.05. The van der Waals surface area contributed by atoms with Crippen LogP contribution in [0.2, 0.25) is 0 Å². The van der Waals surface area contributed by atoms with Crippen LogP contribution in [0.4, 0.5) is 5.69 Å². The van der Waals surface area contributed by atoms with E-state index in [1.54, 1.807) is 13.3 Å². The summed E-state index contributed by atoms with van der Waals surface area (Å²) in [7, 11) is 1.63. The van der Waals surface area contributed by atoms with Crippen molar-refractivity contribution in [1.29, 1.82) is 0 Å². The fraction of sp³-hybridized carbons (Fsp3) is 0.545. The molecule has 1 aromatic heterocycles. The summed E-state index contributed by atoms with van der Waals surface area (Å²) in [6, 6.07) is 4.40. The Morgan fingerprint density at radius 2 is 2.14 bits per heavy atom. The number of nitrogens with one attached hydrogen (secondary N) is 1. The van der Waals surface area contributed by atoms with E-state index >= 15 is 0 Å². The zero-order chi connectivity index (χ0) is 10.4. The summed E-state index contributed by atoms with van der Waals surface area (Å²) in [5, 5.41) is 3.43. The molecule has 3 nitrogen and oxygen atoms in total. The van der Waals surface area contributed by atoms with E-state index in [-0.39, 0.29) is 0 Å². The maximum Gasteiger partial charge on any atom is 0.214 e. The maximum atomic E-state index is 5.05. The molecular weight excluding hydrogens is 176 g/mol. The molecule has 0 radical (unpaired) electrons. The molecule has 0 spiro atoms. The van der Waals surface area contributed by atoms with Gasteiger partial charge < -0.3 is 10.1 Å². The Morgan fingerprint density at radius 3 is 2.71 bits per heavy atom. The Hall–Kier alpha value is -1.25. The number of hydrogen-bond acceptors (Lipinski definition) is 3. The van der Waals surface area contributed by atoms with E-state index in [0.717, 1.165) is 18.5 Å². The first-order valence-corrected chi connectivity index (χ1v) is 5.06. The summed E-state index contributed by atoms with van der Waals surface area (Å²) >= 11 is 0. The van der Waals surface area contributed by atoms with Gasteiger partial charge in [0.25, 0.3) is 0 Å². The summed E-state index contributed by atoms with van der Waals surface area (Å²) in [6.07, 6.45) is 4.01. The van der Waals surface area contributed by atoms with Gasteiger partial charge in [0, 0.05) is 24.0 Å². The number of pyridine rings is 1. The molecule has 0 unspecified atom stereocenters. The van der Waals surface area contributed by atoms with E-state index < -0.39 is 0 Å². The second kappa shape index (κ2) is 5.47. The molecular formula is C11H18N2O. The van der Waals surface area contributed by atoms with E-state index in [1.807, 2.05) is 12.1 Å². The minimum Gasteiger partial charge on any atom is -0.481 e. The number of hydrogen-bond donors (Lipinski definition) is 1. The lowest BCUT2D eigenvalue weighted by atomic mass is 10.1. The highest BCUT2D eigenvalue weighted by atomic mass is 16.5. The molecule has 78 valence electrons. The highest BCUT2D eigenvalue weighted by molar-refractivity contribution is 5.45. The summed E-state index contributed by atoms with van der Waals surface area (Å²) in [6.45, 7) is 4.36. The number of anilines is 1. The zero-order valence-electron chi connectivity index (χ0n) is 9.08. The number of nitrogens with zero attached hydrogens (tertiary/aromatic N) is 1. The van der Waals surface area contributed by atoms with Gasteiger partial charge in [-0.05, 0) is 18.9 Å². The maximum absolute atomic E-state index is 5.05. The third-order valence-electron chi connectivity index (χ3n) is 2.30. The fourth-order valence-corrected chi connectivity index (χ4v) is 1.34. The first kappa shape index (κ1) is 10.8. The van der Waals surface area contributed by atoms with Crippen LogP contribution < -0.4 is 10.1 Å². The van der Waals surface area contributed by atoms with E-state index in [2.05, 4.69) is 24.1 Å². The van der Waals surface area contributed by atoms with Gasteiger partial charge in [-0.1, -0.05) is 13.8 Å². The van der Waals surface area contributed by atoms with Crippen molar-refractivity contribution in [2.45, 2.75) is 32.7 Å². The summed E-state index contributed by atoms with van der Waals surface area (Å²) < 4.78 is 5.05. The minimum absolute atomic E-state index is 0.530. The standard InChI is InChI=1S/C11H18N2O/c1-4-9(5-2)13-10-6-7-12-11(8-10)14-3/h6-9H,4-5H2,1-3H3,(H,12,13). The van der Waals surface area contributed by atoms with Crippen molar-refractivity contribution in [3.63, 3.8) is 0 Å². The van der Waals surface area contributed by atoms with Crippen molar-refractivity contribution in [2.24, 2.45) is 0 Å². The fourth-order valence-electron chi connectivity index (χ4n) is 1.34. The first-order valence-electron chi connectivity index (χ1n) is 5.06. The SMILES string of the molecule is CCC(CC)Nc1ccnc(OC)c1. The number of ether oxygens (including phenoxy) is 1. The predicted octanol–water partition coefficient (Wildman–Crippen LogP) is 2.69. The molecule has 0 aliphatic heterocycles. The molecule has 0 aliphatic rings. The van der Waals surface area contributed by atoms with Gasteiger partial charge in [-0.3, -0.25) is 0 Å². The normalized spacial score (nSPS) is 10.3. The lowest BCUT2D eigenvalue weighted by molar-refractivity contribution is 0.398. The van der Waals surface area contributed by atoms with Crippen molar-refractivity contribution in [1.82, 2.24) is 4.98 Å². The lowest BCUT2D eigenvalue weighted by Crippen LogP contribution is -2.16. The molecule has 3 heteroatoms. The largest absolute Gasteiger partial charge is 0.481 e. The molecule has 1 heterocycles. The van der Waals surface area contributed by atoms with Gasteiger partial charge >= 0.3 is 0 Å². The smallest absolute Gasteiger partial charge is 0.214 e. The van der Waals surface area contributed by atoms with Gasteiger partial charge in [0.05, 0.1) is 7.11 Å². The van der Waals surface area contributed by atoms with Crippen LogP contribution >= 0.6 is 0 Å². The van der Waals surface area contributed by atoms with Crippen LogP contribution in [0.1, 0.15) is 26.7 Å². The Kier molecular flexibility index (Phi) is 4.23. The van der Waals surface area contributed by atoms with Crippen LogP contribution in [0.15, 0.2) is 18.3 Å². The van der Waals surface area contributed by atoms with Gasteiger partial charge in [-0.2, -0.15) is 0 Å². The Morgan fingerprint density at radius 1 is 1.43 bits per heavy atom. The topological polar surface area (TPSA) is 34.2 Å². The van der Waals surface area contributed by atoms with Gasteiger partial charge in [0.2, 0.25) is 5.88 Å². The second-order valence-electron chi connectivity index (χ2n) is 3.24. The average molecular weight is 194 g/mol. The molecule has 0 saturated carbocycles.